The molecule has 0 aliphatic heterocycles. The SMILES string of the molecule is CCN(Cc1cccs1)C(=O)c1cccc(N)c1. The highest BCUT2D eigenvalue weighted by molar-refractivity contribution is 7.09. The molecule has 2 N–H and O–H groups in total. The van der Waals surface area contributed by atoms with Crippen LogP contribution in [-0.2, 0) is 6.54 Å². The van der Waals surface area contributed by atoms with Crippen molar-refractivity contribution in [3.63, 3.8) is 0 Å². The van der Waals surface area contributed by atoms with Gasteiger partial charge >= 0.3 is 0 Å². The van der Waals surface area contributed by atoms with Crippen LogP contribution in [0, 0.1) is 0 Å². The molecule has 0 saturated carbocycles. The Morgan fingerprint density at radius 1 is 1.33 bits per heavy atom. The lowest BCUT2D eigenvalue weighted by atomic mass is 10.1. The lowest BCUT2D eigenvalue weighted by Gasteiger charge is -2.20. The molecule has 0 aliphatic rings. The molecule has 1 aromatic carbocycles. The molecule has 2 aromatic rings. The molecule has 1 heterocycles. The first kappa shape index (κ1) is 12.6. The smallest absolute Gasteiger partial charge is 0.254 e. The van der Waals surface area contributed by atoms with Crippen molar-refractivity contribution in [2.24, 2.45) is 0 Å². The molecular formula is C14H16N2OS. The van der Waals surface area contributed by atoms with Gasteiger partial charge in [-0.3, -0.25) is 4.79 Å². The maximum absolute atomic E-state index is 12.3. The summed E-state index contributed by atoms with van der Waals surface area (Å²) in [5.41, 5.74) is 6.97. The minimum absolute atomic E-state index is 0.0261. The Balaban J connectivity index is 2.15. The molecular weight excluding hydrogens is 244 g/mol. The topological polar surface area (TPSA) is 46.3 Å². The van der Waals surface area contributed by atoms with Crippen molar-refractivity contribution >= 4 is 22.9 Å². The van der Waals surface area contributed by atoms with Gasteiger partial charge in [-0.2, -0.15) is 0 Å². The first-order chi connectivity index (χ1) is 8.70. The number of amides is 1. The summed E-state index contributed by atoms with van der Waals surface area (Å²) in [5.74, 6) is 0.0261. The second-order valence-electron chi connectivity index (χ2n) is 4.02. The Bertz CT molecular complexity index is 522. The summed E-state index contributed by atoms with van der Waals surface area (Å²) < 4.78 is 0. The molecule has 0 spiro atoms. The van der Waals surface area contributed by atoms with Crippen LogP contribution in [0.1, 0.15) is 22.2 Å². The van der Waals surface area contributed by atoms with Gasteiger partial charge in [-0.15, -0.1) is 11.3 Å². The van der Waals surface area contributed by atoms with Crippen molar-refractivity contribution in [2.75, 3.05) is 12.3 Å². The maximum Gasteiger partial charge on any atom is 0.254 e. The van der Waals surface area contributed by atoms with E-state index in [0.717, 1.165) is 0 Å². The van der Waals surface area contributed by atoms with Crippen LogP contribution in [0.25, 0.3) is 0 Å². The van der Waals surface area contributed by atoms with Crippen LogP contribution < -0.4 is 5.73 Å². The molecule has 3 nitrogen and oxygen atoms in total. The van der Waals surface area contributed by atoms with Gasteiger partial charge in [-0.1, -0.05) is 12.1 Å². The van der Waals surface area contributed by atoms with Crippen molar-refractivity contribution in [2.45, 2.75) is 13.5 Å². The third-order valence-corrected chi connectivity index (χ3v) is 3.59. The van der Waals surface area contributed by atoms with E-state index in [2.05, 4.69) is 0 Å². The normalized spacial score (nSPS) is 10.3. The van der Waals surface area contributed by atoms with Crippen LogP contribution >= 0.6 is 11.3 Å². The Morgan fingerprint density at radius 3 is 2.78 bits per heavy atom. The zero-order valence-corrected chi connectivity index (χ0v) is 11.1. The molecule has 94 valence electrons. The van der Waals surface area contributed by atoms with Gasteiger partial charge in [0.15, 0.2) is 0 Å². The van der Waals surface area contributed by atoms with Crippen molar-refractivity contribution in [1.82, 2.24) is 4.90 Å². The van der Waals surface area contributed by atoms with Crippen LogP contribution in [0.5, 0.6) is 0 Å². The summed E-state index contributed by atoms with van der Waals surface area (Å²) in [4.78, 5) is 15.3. The number of rotatable bonds is 4. The van der Waals surface area contributed by atoms with Gasteiger partial charge in [0.25, 0.3) is 5.91 Å². The number of thiophene rings is 1. The van der Waals surface area contributed by atoms with E-state index < -0.39 is 0 Å². The molecule has 0 aliphatic carbocycles. The molecule has 1 amide bonds. The minimum Gasteiger partial charge on any atom is -0.399 e. The van der Waals surface area contributed by atoms with Gasteiger partial charge in [0.1, 0.15) is 0 Å². The van der Waals surface area contributed by atoms with Crippen LogP contribution in [0.15, 0.2) is 41.8 Å². The third-order valence-electron chi connectivity index (χ3n) is 2.73. The Hall–Kier alpha value is -1.81. The third kappa shape index (κ3) is 2.90. The number of hydrogen-bond acceptors (Lipinski definition) is 3. The number of anilines is 1. The van der Waals surface area contributed by atoms with Gasteiger partial charge < -0.3 is 10.6 Å². The quantitative estimate of drug-likeness (QED) is 0.859. The van der Waals surface area contributed by atoms with Crippen LogP contribution in [0.3, 0.4) is 0 Å². The lowest BCUT2D eigenvalue weighted by Crippen LogP contribution is -2.30. The van der Waals surface area contributed by atoms with Gasteiger partial charge in [-0.25, -0.2) is 0 Å². The molecule has 4 heteroatoms. The fraction of sp³-hybridized carbons (Fsp3) is 0.214. The minimum atomic E-state index is 0.0261. The number of carbonyl (C=O) groups is 1. The number of nitrogen functional groups attached to an aromatic ring is 1. The highest BCUT2D eigenvalue weighted by Gasteiger charge is 2.14. The number of hydrogen-bond donors (Lipinski definition) is 1. The molecule has 0 bridgehead atoms. The Kier molecular flexibility index (Phi) is 3.99. The average Bonchev–Trinajstić information content (AvgIpc) is 2.88. The number of benzene rings is 1. The summed E-state index contributed by atoms with van der Waals surface area (Å²) in [7, 11) is 0. The van der Waals surface area contributed by atoms with Crippen LogP contribution in [-0.4, -0.2) is 17.4 Å². The fourth-order valence-electron chi connectivity index (χ4n) is 1.77. The number of nitrogens with two attached hydrogens (primary N) is 1. The van der Waals surface area contributed by atoms with Gasteiger partial charge in [0, 0.05) is 22.7 Å². The van der Waals surface area contributed by atoms with E-state index in [-0.39, 0.29) is 5.91 Å². The van der Waals surface area contributed by atoms with E-state index in [1.165, 1.54) is 4.88 Å². The second-order valence-corrected chi connectivity index (χ2v) is 5.06. The first-order valence-corrected chi connectivity index (χ1v) is 6.76. The highest BCUT2D eigenvalue weighted by Crippen LogP contribution is 2.15. The van der Waals surface area contributed by atoms with E-state index in [1.807, 2.05) is 35.4 Å². The Morgan fingerprint density at radius 2 is 2.17 bits per heavy atom. The van der Waals surface area contributed by atoms with Gasteiger partial charge in [0.2, 0.25) is 0 Å². The summed E-state index contributed by atoms with van der Waals surface area (Å²) in [5, 5.41) is 2.02. The summed E-state index contributed by atoms with van der Waals surface area (Å²) in [6.07, 6.45) is 0. The molecule has 0 unspecified atom stereocenters. The molecule has 0 saturated heterocycles. The highest BCUT2D eigenvalue weighted by atomic mass is 32.1. The fourth-order valence-corrected chi connectivity index (χ4v) is 2.49. The second kappa shape index (κ2) is 5.69. The van der Waals surface area contributed by atoms with Gasteiger partial charge in [0.05, 0.1) is 6.54 Å². The van der Waals surface area contributed by atoms with Crippen molar-refractivity contribution < 1.29 is 4.79 Å². The lowest BCUT2D eigenvalue weighted by molar-refractivity contribution is 0.0754. The summed E-state index contributed by atoms with van der Waals surface area (Å²) >= 11 is 1.66. The molecule has 18 heavy (non-hydrogen) atoms. The van der Waals surface area contributed by atoms with Crippen LogP contribution in [0.2, 0.25) is 0 Å². The Labute approximate surface area is 111 Å². The van der Waals surface area contributed by atoms with Crippen LogP contribution in [0.4, 0.5) is 5.69 Å². The van der Waals surface area contributed by atoms with E-state index in [9.17, 15) is 4.79 Å². The standard InChI is InChI=1S/C14H16N2OS/c1-2-16(10-13-7-4-8-18-13)14(17)11-5-3-6-12(15)9-11/h3-9H,2,10,15H2,1H3. The number of nitrogens with zero attached hydrogens (tertiary/aromatic N) is 1. The van der Waals surface area contributed by atoms with E-state index in [4.69, 9.17) is 5.73 Å². The van der Waals surface area contributed by atoms with Crippen molar-refractivity contribution in [3.05, 3.63) is 52.2 Å². The number of carbonyl (C=O) groups excluding carboxylic acids is 1. The molecule has 0 fully saturated rings. The monoisotopic (exact) mass is 260 g/mol. The molecule has 0 radical (unpaired) electrons. The predicted molar refractivity (Wildman–Crippen MR) is 75.6 cm³/mol. The van der Waals surface area contributed by atoms with E-state index in [0.29, 0.717) is 24.3 Å². The predicted octanol–water partition coefficient (Wildman–Crippen LogP) is 2.99. The van der Waals surface area contributed by atoms with E-state index >= 15 is 0 Å². The molecule has 0 atom stereocenters. The average molecular weight is 260 g/mol. The van der Waals surface area contributed by atoms with E-state index in [1.54, 1.807) is 29.5 Å². The van der Waals surface area contributed by atoms with Gasteiger partial charge in [-0.05, 0) is 36.6 Å². The summed E-state index contributed by atoms with van der Waals surface area (Å²) in [6.45, 7) is 3.32. The largest absolute Gasteiger partial charge is 0.399 e. The maximum atomic E-state index is 12.3. The molecule has 2 rings (SSSR count). The van der Waals surface area contributed by atoms with Crippen molar-refractivity contribution in [3.8, 4) is 0 Å². The first-order valence-electron chi connectivity index (χ1n) is 5.88. The molecule has 1 aromatic heterocycles. The zero-order valence-electron chi connectivity index (χ0n) is 10.3. The zero-order chi connectivity index (χ0) is 13.0. The van der Waals surface area contributed by atoms with Crippen molar-refractivity contribution in [1.29, 1.82) is 0 Å². The summed E-state index contributed by atoms with van der Waals surface area (Å²) in [6, 6.07) is 11.2.